The molecule has 276 valence electrons. The number of imidazole rings is 1. The first-order valence-corrected chi connectivity index (χ1v) is 19.0. The fourth-order valence-corrected chi connectivity index (χ4v) is 8.29. The van der Waals surface area contributed by atoms with Crippen molar-refractivity contribution in [3.05, 3.63) is 157 Å². The van der Waals surface area contributed by atoms with Gasteiger partial charge in [0.15, 0.2) is 0 Å². The SMILES string of the molecule is CC(C)(C)c1cc(C(C)(C)C)c2c3ccc(-c4cccc5c4nc(-c4cccc6c4[n-]c4ccccc46)n5-c4ccccc4)[c-]c3n(-c3ccccn3)c2c1.[Pt+2]. The first kappa shape index (κ1) is 35.9. The zero-order valence-electron chi connectivity index (χ0n) is 32.3. The Balaban J connectivity index is 0.00000410. The molecule has 0 unspecified atom stereocenters. The van der Waals surface area contributed by atoms with Crippen LogP contribution in [0.25, 0.3) is 88.7 Å². The van der Waals surface area contributed by atoms with E-state index in [1.165, 1.54) is 21.9 Å². The summed E-state index contributed by atoms with van der Waals surface area (Å²) in [7, 11) is 0. The van der Waals surface area contributed by atoms with Crippen LogP contribution in [0.4, 0.5) is 0 Å². The molecule has 56 heavy (non-hydrogen) atoms. The molecule has 4 aromatic heterocycles. The van der Waals surface area contributed by atoms with Crippen LogP contribution in [0, 0.1) is 6.07 Å². The zero-order valence-corrected chi connectivity index (χ0v) is 34.6. The Morgan fingerprint density at radius 2 is 1.34 bits per heavy atom. The Hall–Kier alpha value is -5.77. The standard InChI is InChI=1S/C50H41N5.Pt/c1-49(2,3)32-29-39(50(4,5)6)45-37-26-25-31(28-42(37)55(43(45)30-32)44-24-12-13-27-51-44)34-19-15-23-41-47(34)53-48(54(41)33-16-8-7-9-17-33)38-21-14-20-36-35-18-10-11-22-40(35)52-46(36)38;/h7-27,29-30H,1-6H3;/q-2;+2. The molecule has 4 heterocycles. The fraction of sp³-hybridized carbons (Fsp3) is 0.160. The van der Waals surface area contributed by atoms with Crippen molar-refractivity contribution in [3.8, 4) is 34.0 Å². The van der Waals surface area contributed by atoms with E-state index >= 15 is 0 Å². The van der Waals surface area contributed by atoms with Gasteiger partial charge >= 0.3 is 21.1 Å². The normalized spacial score (nSPS) is 12.3. The van der Waals surface area contributed by atoms with Gasteiger partial charge in [0.2, 0.25) is 0 Å². The third-order valence-electron chi connectivity index (χ3n) is 11.0. The van der Waals surface area contributed by atoms with E-state index in [-0.39, 0.29) is 31.9 Å². The zero-order chi connectivity index (χ0) is 37.6. The van der Waals surface area contributed by atoms with Gasteiger partial charge in [-0.2, -0.15) is 0 Å². The molecular weight excluding hydrogens is 866 g/mol. The van der Waals surface area contributed by atoms with Crippen molar-refractivity contribution >= 4 is 54.6 Å². The molecule has 0 atom stereocenters. The molecular formula is C50H41N5Pt. The van der Waals surface area contributed by atoms with E-state index in [4.69, 9.17) is 15.0 Å². The van der Waals surface area contributed by atoms with Gasteiger partial charge in [0.1, 0.15) is 11.6 Å². The summed E-state index contributed by atoms with van der Waals surface area (Å²) in [4.78, 5) is 15.6. The van der Waals surface area contributed by atoms with Gasteiger partial charge in [-0.3, -0.25) is 4.57 Å². The van der Waals surface area contributed by atoms with Crippen LogP contribution in [0.1, 0.15) is 52.7 Å². The first-order chi connectivity index (χ1) is 26.6. The van der Waals surface area contributed by atoms with Crippen LogP contribution in [0.2, 0.25) is 0 Å². The molecule has 0 saturated heterocycles. The Kier molecular flexibility index (Phi) is 8.45. The number of fused-ring (bicyclic) bond motifs is 7. The second-order valence-electron chi connectivity index (χ2n) is 16.7. The number of hydrogen-bond donors (Lipinski definition) is 0. The van der Waals surface area contributed by atoms with E-state index in [1.807, 2.05) is 18.3 Å². The molecule has 0 radical (unpaired) electrons. The minimum atomic E-state index is -0.0844. The van der Waals surface area contributed by atoms with Crippen LogP contribution in [-0.2, 0) is 31.9 Å². The van der Waals surface area contributed by atoms with Crippen molar-refractivity contribution in [1.82, 2.24) is 24.1 Å². The number of hydrogen-bond acceptors (Lipinski definition) is 2. The molecule has 0 fully saturated rings. The second-order valence-corrected chi connectivity index (χ2v) is 16.7. The Bertz CT molecular complexity index is 3100. The van der Waals surface area contributed by atoms with Crippen molar-refractivity contribution in [3.63, 3.8) is 0 Å². The van der Waals surface area contributed by atoms with Crippen molar-refractivity contribution in [2.75, 3.05) is 0 Å². The van der Waals surface area contributed by atoms with Gasteiger partial charge in [0.25, 0.3) is 0 Å². The minimum absolute atomic E-state index is 0. The summed E-state index contributed by atoms with van der Waals surface area (Å²) in [5.41, 5.74) is 12.6. The monoisotopic (exact) mass is 906 g/mol. The van der Waals surface area contributed by atoms with Crippen molar-refractivity contribution in [2.24, 2.45) is 0 Å². The molecule has 0 aliphatic heterocycles. The second kappa shape index (κ2) is 13.2. The predicted molar refractivity (Wildman–Crippen MR) is 229 cm³/mol. The van der Waals surface area contributed by atoms with E-state index in [9.17, 15) is 0 Å². The minimum Gasteiger partial charge on any atom is -0.656 e. The Labute approximate surface area is 341 Å². The van der Waals surface area contributed by atoms with E-state index in [0.717, 1.165) is 77.9 Å². The average Bonchev–Trinajstić information content (AvgIpc) is 3.87. The van der Waals surface area contributed by atoms with Crippen LogP contribution < -0.4 is 4.98 Å². The molecule has 10 rings (SSSR count). The molecule has 0 aliphatic carbocycles. The molecule has 0 N–H and O–H groups in total. The maximum absolute atomic E-state index is 5.53. The smallest absolute Gasteiger partial charge is 0.656 e. The van der Waals surface area contributed by atoms with Crippen LogP contribution in [0.3, 0.4) is 0 Å². The number of para-hydroxylation sites is 4. The van der Waals surface area contributed by atoms with Crippen LogP contribution in [0.15, 0.2) is 140 Å². The summed E-state index contributed by atoms with van der Waals surface area (Å²) in [6.07, 6.45) is 1.87. The third-order valence-corrected chi connectivity index (χ3v) is 11.0. The van der Waals surface area contributed by atoms with E-state index < -0.39 is 0 Å². The number of nitrogens with zero attached hydrogens (tertiary/aromatic N) is 5. The molecule has 5 nitrogen and oxygen atoms in total. The Morgan fingerprint density at radius 3 is 2.11 bits per heavy atom. The third kappa shape index (κ3) is 5.63. The molecule has 0 aliphatic rings. The summed E-state index contributed by atoms with van der Waals surface area (Å²) in [6.45, 7) is 13.8. The van der Waals surface area contributed by atoms with Gasteiger partial charge in [0, 0.05) is 23.0 Å². The van der Waals surface area contributed by atoms with Gasteiger partial charge in [-0.15, -0.1) is 34.8 Å². The van der Waals surface area contributed by atoms with E-state index in [0.29, 0.717) is 0 Å². The van der Waals surface area contributed by atoms with Gasteiger partial charge in [-0.1, -0.05) is 137 Å². The van der Waals surface area contributed by atoms with Crippen molar-refractivity contribution in [1.29, 1.82) is 0 Å². The molecule has 6 heteroatoms. The van der Waals surface area contributed by atoms with E-state index in [2.05, 4.69) is 178 Å². The van der Waals surface area contributed by atoms with Gasteiger partial charge in [-0.25, -0.2) is 9.97 Å². The van der Waals surface area contributed by atoms with Crippen LogP contribution in [-0.4, -0.2) is 19.1 Å². The number of benzene rings is 6. The van der Waals surface area contributed by atoms with Crippen LogP contribution >= 0.6 is 0 Å². The van der Waals surface area contributed by atoms with Gasteiger partial charge in [0.05, 0.1) is 11.0 Å². The molecule has 6 aromatic carbocycles. The Morgan fingerprint density at radius 1 is 0.607 bits per heavy atom. The van der Waals surface area contributed by atoms with Gasteiger partial charge in [-0.05, 0) is 80.0 Å². The van der Waals surface area contributed by atoms with E-state index in [1.54, 1.807) is 0 Å². The summed E-state index contributed by atoms with van der Waals surface area (Å²) >= 11 is 0. The summed E-state index contributed by atoms with van der Waals surface area (Å²) in [6, 6.07) is 51.2. The summed E-state index contributed by atoms with van der Waals surface area (Å²) in [5, 5.41) is 4.70. The molecule has 0 saturated carbocycles. The number of rotatable bonds is 4. The first-order valence-electron chi connectivity index (χ1n) is 19.0. The molecule has 0 amide bonds. The fourth-order valence-electron chi connectivity index (χ4n) is 8.29. The maximum atomic E-state index is 5.53. The molecule has 0 bridgehead atoms. The van der Waals surface area contributed by atoms with Crippen molar-refractivity contribution in [2.45, 2.75) is 52.4 Å². The maximum Gasteiger partial charge on any atom is 2.00 e. The number of pyridine rings is 1. The van der Waals surface area contributed by atoms with Gasteiger partial charge < -0.3 is 9.55 Å². The quantitative estimate of drug-likeness (QED) is 0.165. The largest absolute Gasteiger partial charge is 2.00 e. The molecule has 0 spiro atoms. The summed E-state index contributed by atoms with van der Waals surface area (Å²) in [5.74, 6) is 1.73. The topological polar surface area (TPSA) is 49.7 Å². The molecule has 10 aromatic rings. The average molecular weight is 907 g/mol. The summed E-state index contributed by atoms with van der Waals surface area (Å²) < 4.78 is 4.58. The van der Waals surface area contributed by atoms with Crippen molar-refractivity contribution < 1.29 is 21.1 Å². The van der Waals surface area contributed by atoms with Crippen LogP contribution in [0.5, 0.6) is 0 Å². The predicted octanol–water partition coefficient (Wildman–Crippen LogP) is 12.5. The number of aromatic nitrogens is 5.